The molecule has 1 aromatic heterocycles. The van der Waals surface area contributed by atoms with E-state index in [4.69, 9.17) is 9.47 Å². The molecule has 2 aliphatic rings. The molecule has 0 aliphatic carbocycles. The highest BCUT2D eigenvalue weighted by Crippen LogP contribution is 2.19. The molecule has 0 bridgehead atoms. The third-order valence-electron chi connectivity index (χ3n) is 4.51. The van der Waals surface area contributed by atoms with E-state index in [0.29, 0.717) is 25.6 Å². The van der Waals surface area contributed by atoms with E-state index in [2.05, 4.69) is 28.6 Å². The number of carbonyl (C=O) groups excluding carboxylic acids is 1. The fourth-order valence-corrected chi connectivity index (χ4v) is 3.15. The third kappa shape index (κ3) is 3.55. The summed E-state index contributed by atoms with van der Waals surface area (Å²) < 4.78 is 13.4. The topological polar surface area (TPSA) is 69.5 Å². The van der Waals surface area contributed by atoms with Crippen molar-refractivity contribution in [3.8, 4) is 0 Å². The maximum absolute atomic E-state index is 12.6. The Morgan fingerprint density at radius 1 is 1.35 bits per heavy atom. The lowest BCUT2D eigenvalue weighted by Crippen LogP contribution is -2.44. The Morgan fingerprint density at radius 2 is 2.17 bits per heavy atom. The van der Waals surface area contributed by atoms with Crippen LogP contribution in [0.25, 0.3) is 0 Å². The first kappa shape index (κ1) is 16.4. The number of fused-ring (bicyclic) bond motifs is 1. The van der Waals surface area contributed by atoms with E-state index >= 15 is 0 Å². The summed E-state index contributed by atoms with van der Waals surface area (Å²) in [6, 6.07) is 0. The molecule has 0 radical (unpaired) electrons. The maximum atomic E-state index is 12.6. The second-order valence-electron chi connectivity index (χ2n) is 6.65. The first-order valence-electron chi connectivity index (χ1n) is 8.50. The zero-order valence-corrected chi connectivity index (χ0v) is 14.2. The standard InChI is InChI=1S/C16H26N4O3/c1-11(2)15-18-17-14-9-19(6-7-20(14)15)16(21)12(3)23-10-13-5-4-8-22-13/h11-13H,4-10H2,1-3H3. The van der Waals surface area contributed by atoms with Crippen molar-refractivity contribution in [3.63, 3.8) is 0 Å². The predicted molar refractivity (Wildman–Crippen MR) is 83.9 cm³/mol. The quantitative estimate of drug-likeness (QED) is 0.818. The summed E-state index contributed by atoms with van der Waals surface area (Å²) in [5.74, 6) is 2.21. The molecule has 7 heteroatoms. The molecule has 128 valence electrons. The van der Waals surface area contributed by atoms with E-state index < -0.39 is 6.10 Å². The van der Waals surface area contributed by atoms with Crippen molar-refractivity contribution in [2.24, 2.45) is 0 Å². The van der Waals surface area contributed by atoms with Crippen LogP contribution < -0.4 is 0 Å². The van der Waals surface area contributed by atoms with Gasteiger partial charge in [-0.2, -0.15) is 0 Å². The van der Waals surface area contributed by atoms with E-state index in [9.17, 15) is 4.79 Å². The minimum absolute atomic E-state index is 0.0170. The summed E-state index contributed by atoms with van der Waals surface area (Å²) in [5, 5.41) is 8.49. The SMILES string of the molecule is CC(OCC1CCCO1)C(=O)N1CCn2c(nnc2C(C)C)C1. The van der Waals surface area contributed by atoms with Crippen molar-refractivity contribution in [3.05, 3.63) is 11.6 Å². The Hall–Kier alpha value is -1.47. The zero-order chi connectivity index (χ0) is 16.4. The molecule has 23 heavy (non-hydrogen) atoms. The normalized spacial score (nSPS) is 22.4. The number of ether oxygens (including phenoxy) is 2. The Labute approximate surface area is 137 Å². The first-order chi connectivity index (χ1) is 11.1. The van der Waals surface area contributed by atoms with Crippen molar-refractivity contribution in [2.45, 2.75) is 64.8 Å². The number of amides is 1. The number of carbonyl (C=O) groups is 1. The van der Waals surface area contributed by atoms with Gasteiger partial charge in [-0.3, -0.25) is 4.79 Å². The Balaban J connectivity index is 1.55. The summed E-state index contributed by atoms with van der Waals surface area (Å²) in [5.41, 5.74) is 0. The summed E-state index contributed by atoms with van der Waals surface area (Å²) >= 11 is 0. The molecule has 1 saturated heterocycles. The highest BCUT2D eigenvalue weighted by molar-refractivity contribution is 5.80. The van der Waals surface area contributed by atoms with Gasteiger partial charge in [0.1, 0.15) is 11.9 Å². The smallest absolute Gasteiger partial charge is 0.251 e. The predicted octanol–water partition coefficient (Wildman–Crippen LogP) is 1.33. The minimum Gasteiger partial charge on any atom is -0.376 e. The largest absolute Gasteiger partial charge is 0.376 e. The average Bonchev–Trinajstić information content (AvgIpc) is 3.20. The highest BCUT2D eigenvalue weighted by atomic mass is 16.5. The van der Waals surface area contributed by atoms with Gasteiger partial charge in [0.2, 0.25) is 0 Å². The van der Waals surface area contributed by atoms with Gasteiger partial charge in [0.25, 0.3) is 5.91 Å². The van der Waals surface area contributed by atoms with E-state index in [1.807, 2.05) is 11.8 Å². The van der Waals surface area contributed by atoms with Crippen LogP contribution in [0.4, 0.5) is 0 Å². The van der Waals surface area contributed by atoms with Gasteiger partial charge >= 0.3 is 0 Å². The molecular formula is C16H26N4O3. The van der Waals surface area contributed by atoms with Gasteiger partial charge in [-0.05, 0) is 19.8 Å². The van der Waals surface area contributed by atoms with Gasteiger partial charge in [0.05, 0.1) is 19.3 Å². The monoisotopic (exact) mass is 322 g/mol. The van der Waals surface area contributed by atoms with Crippen LogP contribution in [-0.4, -0.2) is 57.5 Å². The minimum atomic E-state index is -0.446. The van der Waals surface area contributed by atoms with Gasteiger partial charge in [-0.15, -0.1) is 10.2 Å². The number of rotatable bonds is 5. The molecule has 1 fully saturated rings. The maximum Gasteiger partial charge on any atom is 0.251 e. The number of hydrogen-bond donors (Lipinski definition) is 0. The molecule has 1 aromatic rings. The summed E-state index contributed by atoms with van der Waals surface area (Å²) in [6.07, 6.45) is 1.80. The number of aromatic nitrogens is 3. The fraction of sp³-hybridized carbons (Fsp3) is 0.812. The summed E-state index contributed by atoms with van der Waals surface area (Å²) in [7, 11) is 0. The van der Waals surface area contributed by atoms with E-state index in [-0.39, 0.29) is 12.0 Å². The molecule has 2 unspecified atom stereocenters. The van der Waals surface area contributed by atoms with Crippen molar-refractivity contribution in [1.82, 2.24) is 19.7 Å². The van der Waals surface area contributed by atoms with Crippen LogP contribution in [0.1, 0.15) is 51.2 Å². The molecule has 2 atom stereocenters. The van der Waals surface area contributed by atoms with E-state index in [1.165, 1.54) is 0 Å². The van der Waals surface area contributed by atoms with Crippen molar-refractivity contribution >= 4 is 5.91 Å². The van der Waals surface area contributed by atoms with Crippen LogP contribution in [-0.2, 0) is 27.4 Å². The Kier molecular flexibility index (Phi) is 4.96. The molecule has 2 aliphatic heterocycles. The molecule has 0 aromatic carbocycles. The summed E-state index contributed by atoms with van der Waals surface area (Å²) in [6.45, 7) is 9.26. The second kappa shape index (κ2) is 6.97. The van der Waals surface area contributed by atoms with E-state index in [0.717, 1.165) is 37.6 Å². The van der Waals surface area contributed by atoms with Crippen molar-refractivity contribution in [1.29, 1.82) is 0 Å². The van der Waals surface area contributed by atoms with Crippen LogP contribution >= 0.6 is 0 Å². The lowest BCUT2D eigenvalue weighted by molar-refractivity contribution is -0.146. The molecular weight excluding hydrogens is 296 g/mol. The average molecular weight is 322 g/mol. The molecule has 3 heterocycles. The summed E-state index contributed by atoms with van der Waals surface area (Å²) in [4.78, 5) is 14.4. The van der Waals surface area contributed by atoms with Gasteiger partial charge in [0.15, 0.2) is 5.82 Å². The van der Waals surface area contributed by atoms with Crippen molar-refractivity contribution < 1.29 is 14.3 Å². The molecule has 7 nitrogen and oxygen atoms in total. The van der Waals surface area contributed by atoms with Gasteiger partial charge in [-0.1, -0.05) is 13.8 Å². The molecule has 0 N–H and O–H groups in total. The van der Waals surface area contributed by atoms with E-state index in [1.54, 1.807) is 0 Å². The van der Waals surface area contributed by atoms with Crippen LogP contribution in [0.2, 0.25) is 0 Å². The lowest BCUT2D eigenvalue weighted by Gasteiger charge is -2.30. The fourth-order valence-electron chi connectivity index (χ4n) is 3.15. The van der Waals surface area contributed by atoms with Crippen molar-refractivity contribution in [2.75, 3.05) is 19.8 Å². The van der Waals surface area contributed by atoms with Crippen LogP contribution in [0, 0.1) is 0 Å². The highest BCUT2D eigenvalue weighted by Gasteiger charge is 2.29. The van der Waals surface area contributed by atoms with Gasteiger partial charge in [0, 0.05) is 25.6 Å². The van der Waals surface area contributed by atoms with Gasteiger partial charge in [-0.25, -0.2) is 0 Å². The molecule has 0 saturated carbocycles. The second-order valence-corrected chi connectivity index (χ2v) is 6.65. The third-order valence-corrected chi connectivity index (χ3v) is 4.51. The van der Waals surface area contributed by atoms with Gasteiger partial charge < -0.3 is 18.9 Å². The van der Waals surface area contributed by atoms with Crippen LogP contribution in [0.5, 0.6) is 0 Å². The molecule has 0 spiro atoms. The first-order valence-corrected chi connectivity index (χ1v) is 8.50. The van der Waals surface area contributed by atoms with Crippen LogP contribution in [0.3, 0.4) is 0 Å². The Bertz CT molecular complexity index is 552. The number of hydrogen-bond acceptors (Lipinski definition) is 5. The zero-order valence-electron chi connectivity index (χ0n) is 14.2. The number of nitrogens with zero attached hydrogens (tertiary/aromatic N) is 4. The Morgan fingerprint density at radius 3 is 2.87 bits per heavy atom. The molecule has 3 rings (SSSR count). The lowest BCUT2D eigenvalue weighted by atomic mass is 10.2. The molecule has 1 amide bonds. The van der Waals surface area contributed by atoms with Crippen LogP contribution in [0.15, 0.2) is 0 Å².